The number of fused-ring (bicyclic) bond motifs is 3. The minimum absolute atomic E-state index is 0.179. The molecule has 4 nitrogen and oxygen atoms in total. The minimum atomic E-state index is -0.331. The van der Waals surface area contributed by atoms with Crippen LogP contribution in [0.4, 0.5) is 4.39 Å². The van der Waals surface area contributed by atoms with Crippen LogP contribution in [0.1, 0.15) is 18.4 Å². The van der Waals surface area contributed by atoms with Crippen molar-refractivity contribution in [2.24, 2.45) is 34.2 Å². The molecule has 1 saturated heterocycles. The van der Waals surface area contributed by atoms with Gasteiger partial charge in [-0.1, -0.05) is 24.3 Å². The van der Waals surface area contributed by atoms with Crippen LogP contribution < -0.4 is 0 Å². The first-order valence-corrected chi connectivity index (χ1v) is 7.97. The van der Waals surface area contributed by atoms with E-state index in [1.807, 2.05) is 0 Å². The molecule has 1 aliphatic heterocycles. The lowest BCUT2D eigenvalue weighted by atomic mass is 9.85. The third-order valence-corrected chi connectivity index (χ3v) is 6.02. The first kappa shape index (κ1) is 13.2. The van der Waals surface area contributed by atoms with Crippen LogP contribution in [-0.4, -0.2) is 23.0 Å². The Balaban J connectivity index is 1.43. The number of nitrogens with zero attached hydrogens (tertiary/aromatic N) is 2. The number of amides is 2. The number of hydrogen-bond acceptors (Lipinski definition) is 3. The molecule has 3 aliphatic carbocycles. The molecule has 23 heavy (non-hydrogen) atoms. The molecular formula is C18H15FN2O2. The molecule has 2 saturated carbocycles. The molecule has 1 heterocycles. The van der Waals surface area contributed by atoms with Crippen LogP contribution in [0.2, 0.25) is 0 Å². The Morgan fingerprint density at radius 2 is 1.61 bits per heavy atom. The molecule has 5 rings (SSSR count). The molecule has 1 aromatic rings. The fourth-order valence-electron chi connectivity index (χ4n) is 4.85. The highest BCUT2D eigenvalue weighted by atomic mass is 19.1. The lowest BCUT2D eigenvalue weighted by molar-refractivity contribution is -0.141. The topological polar surface area (TPSA) is 49.7 Å². The van der Waals surface area contributed by atoms with Gasteiger partial charge in [0.05, 0.1) is 18.1 Å². The third kappa shape index (κ3) is 1.57. The summed E-state index contributed by atoms with van der Waals surface area (Å²) in [5.41, 5.74) is 0.858. The number of hydrazone groups is 1. The fraction of sp³-hybridized carbons (Fsp3) is 0.389. The molecule has 0 unspecified atom stereocenters. The van der Waals surface area contributed by atoms with Gasteiger partial charge in [-0.3, -0.25) is 9.59 Å². The van der Waals surface area contributed by atoms with E-state index in [-0.39, 0.29) is 46.7 Å². The molecule has 4 aliphatic rings. The summed E-state index contributed by atoms with van der Waals surface area (Å²) in [5, 5.41) is 5.12. The lowest BCUT2D eigenvalue weighted by Gasteiger charge is -2.18. The van der Waals surface area contributed by atoms with Crippen LogP contribution in [0.5, 0.6) is 0 Å². The van der Waals surface area contributed by atoms with Gasteiger partial charge in [0.2, 0.25) is 0 Å². The summed E-state index contributed by atoms with van der Waals surface area (Å²) >= 11 is 0. The van der Waals surface area contributed by atoms with E-state index in [4.69, 9.17) is 0 Å². The van der Waals surface area contributed by atoms with Crippen molar-refractivity contribution in [2.75, 3.05) is 0 Å². The van der Waals surface area contributed by atoms with E-state index in [1.54, 1.807) is 12.1 Å². The van der Waals surface area contributed by atoms with Crippen molar-refractivity contribution in [3.05, 3.63) is 47.8 Å². The zero-order chi connectivity index (χ0) is 15.8. The van der Waals surface area contributed by atoms with Crippen LogP contribution >= 0.6 is 0 Å². The van der Waals surface area contributed by atoms with Crippen molar-refractivity contribution in [1.29, 1.82) is 0 Å². The number of halogens is 1. The van der Waals surface area contributed by atoms with Gasteiger partial charge < -0.3 is 0 Å². The van der Waals surface area contributed by atoms with Crippen molar-refractivity contribution in [3.8, 4) is 0 Å². The number of rotatable bonds is 2. The second-order valence-corrected chi connectivity index (χ2v) is 7.01. The van der Waals surface area contributed by atoms with Crippen molar-refractivity contribution >= 4 is 18.0 Å². The Labute approximate surface area is 132 Å². The molecule has 3 fully saturated rings. The van der Waals surface area contributed by atoms with Crippen LogP contribution in [0.3, 0.4) is 0 Å². The zero-order valence-electron chi connectivity index (χ0n) is 12.4. The third-order valence-electron chi connectivity index (χ3n) is 6.02. The van der Waals surface area contributed by atoms with Crippen molar-refractivity contribution in [1.82, 2.24) is 5.01 Å². The summed E-state index contributed by atoms with van der Waals surface area (Å²) in [6.45, 7) is 0. The van der Waals surface area contributed by atoms with E-state index >= 15 is 0 Å². The van der Waals surface area contributed by atoms with Crippen LogP contribution in [-0.2, 0) is 9.59 Å². The van der Waals surface area contributed by atoms with E-state index < -0.39 is 0 Å². The SMILES string of the molecule is O=C1[C@@H]2[C@@H](C(=O)N1/N=C\c1ccc(F)cc1)[C@@H]1C=C[C@H]2C12CC2. The van der Waals surface area contributed by atoms with Crippen LogP contribution in [0, 0.1) is 34.9 Å². The maximum absolute atomic E-state index is 12.9. The minimum Gasteiger partial charge on any atom is -0.272 e. The predicted octanol–water partition coefficient (Wildman–Crippen LogP) is 2.36. The van der Waals surface area contributed by atoms with Crippen LogP contribution in [0.15, 0.2) is 41.5 Å². The fourth-order valence-corrected chi connectivity index (χ4v) is 4.85. The van der Waals surface area contributed by atoms with Crippen molar-refractivity contribution in [2.45, 2.75) is 12.8 Å². The van der Waals surface area contributed by atoms with E-state index in [1.165, 1.54) is 18.3 Å². The molecule has 0 N–H and O–H groups in total. The summed E-state index contributed by atoms with van der Waals surface area (Å²) in [5.74, 6) is -0.735. The van der Waals surface area contributed by atoms with Gasteiger partial charge in [0, 0.05) is 0 Å². The molecular weight excluding hydrogens is 295 g/mol. The maximum atomic E-state index is 12.9. The van der Waals surface area contributed by atoms with Gasteiger partial charge in [0.1, 0.15) is 5.82 Å². The van der Waals surface area contributed by atoms with Gasteiger partial charge in [-0.05, 0) is 47.8 Å². The number of allylic oxidation sites excluding steroid dienone is 2. The van der Waals surface area contributed by atoms with Gasteiger partial charge in [0.15, 0.2) is 0 Å². The molecule has 2 amide bonds. The van der Waals surface area contributed by atoms with Gasteiger partial charge in [0.25, 0.3) is 11.8 Å². The highest BCUT2D eigenvalue weighted by Crippen LogP contribution is 2.73. The van der Waals surface area contributed by atoms with E-state index in [9.17, 15) is 14.0 Å². The van der Waals surface area contributed by atoms with Crippen LogP contribution in [0.25, 0.3) is 0 Å². The van der Waals surface area contributed by atoms with Gasteiger partial charge in [-0.15, -0.1) is 0 Å². The first-order chi connectivity index (χ1) is 11.1. The Hall–Kier alpha value is -2.30. The molecule has 2 bridgehead atoms. The average molecular weight is 310 g/mol. The smallest absolute Gasteiger partial charge is 0.254 e. The monoisotopic (exact) mass is 310 g/mol. The van der Waals surface area contributed by atoms with Gasteiger partial charge >= 0.3 is 0 Å². The molecule has 0 radical (unpaired) electrons. The number of carbonyl (C=O) groups is 2. The molecule has 4 atom stereocenters. The molecule has 0 aromatic heterocycles. The standard InChI is InChI=1S/C18H15FN2O2/c19-11-3-1-10(2-4-11)9-20-21-16(22)14-12-5-6-13(15(14)17(21)23)18(12)7-8-18/h1-6,9,12-15H,7-8H2/b20-9-/t12-,13+,14-,15-/m0/s1. The Bertz CT molecular complexity index is 745. The second kappa shape index (κ2) is 4.16. The highest BCUT2D eigenvalue weighted by molar-refractivity contribution is 6.07. The van der Waals surface area contributed by atoms with Gasteiger partial charge in [-0.25, -0.2) is 4.39 Å². The quantitative estimate of drug-likeness (QED) is 0.478. The summed E-state index contributed by atoms with van der Waals surface area (Å²) < 4.78 is 12.9. The van der Waals surface area contributed by atoms with Crippen molar-refractivity contribution < 1.29 is 14.0 Å². The molecule has 1 aromatic carbocycles. The molecule has 116 valence electrons. The number of imide groups is 1. The lowest BCUT2D eigenvalue weighted by Crippen LogP contribution is -2.30. The molecule has 1 spiro atoms. The summed E-state index contributed by atoms with van der Waals surface area (Å²) in [6, 6.07) is 5.78. The Morgan fingerprint density at radius 3 is 2.13 bits per heavy atom. The number of carbonyl (C=O) groups excluding carboxylic acids is 2. The summed E-state index contributed by atoms with van der Waals surface area (Å²) in [7, 11) is 0. The highest BCUT2D eigenvalue weighted by Gasteiger charge is 2.73. The number of benzene rings is 1. The Kier molecular flexibility index (Phi) is 2.38. The second-order valence-electron chi connectivity index (χ2n) is 7.01. The van der Waals surface area contributed by atoms with E-state index in [2.05, 4.69) is 17.3 Å². The maximum Gasteiger partial charge on any atom is 0.254 e. The Morgan fingerprint density at radius 1 is 1.04 bits per heavy atom. The largest absolute Gasteiger partial charge is 0.272 e. The molecule has 5 heteroatoms. The normalized spacial score (nSPS) is 35.8. The summed E-state index contributed by atoms with van der Waals surface area (Å²) in [4.78, 5) is 25.4. The predicted molar refractivity (Wildman–Crippen MR) is 80.6 cm³/mol. The first-order valence-electron chi connectivity index (χ1n) is 7.97. The van der Waals surface area contributed by atoms with E-state index in [0.29, 0.717) is 5.56 Å². The van der Waals surface area contributed by atoms with Crippen molar-refractivity contribution in [3.63, 3.8) is 0 Å². The zero-order valence-corrected chi connectivity index (χ0v) is 12.4. The van der Waals surface area contributed by atoms with E-state index in [0.717, 1.165) is 17.9 Å². The number of hydrogen-bond donors (Lipinski definition) is 0. The average Bonchev–Trinajstić information content (AvgIpc) is 3.15. The van der Waals surface area contributed by atoms with Gasteiger partial charge in [-0.2, -0.15) is 10.1 Å². The summed E-state index contributed by atoms with van der Waals surface area (Å²) in [6.07, 6.45) is 7.97.